The molecule has 3 heteroatoms. The largest absolute Gasteiger partial charge is 0.457 e. The van der Waals surface area contributed by atoms with Crippen LogP contribution in [-0.2, 0) is 0 Å². The zero-order valence-electron chi connectivity index (χ0n) is 11.1. The molecule has 0 aliphatic heterocycles. The van der Waals surface area contributed by atoms with Crippen molar-refractivity contribution in [3.05, 3.63) is 58.6 Å². The predicted octanol–water partition coefficient (Wildman–Crippen LogP) is 4.88. The van der Waals surface area contributed by atoms with Crippen LogP contribution in [0, 0.1) is 6.92 Å². The topological polar surface area (TPSA) is 29.5 Å². The second kappa shape index (κ2) is 6.09. The Labute approximate surface area is 118 Å². The van der Waals surface area contributed by atoms with E-state index in [2.05, 4.69) is 0 Å². The molecule has 0 saturated heterocycles. The van der Waals surface area contributed by atoms with E-state index in [9.17, 15) is 5.11 Å². The zero-order chi connectivity index (χ0) is 13.8. The van der Waals surface area contributed by atoms with Crippen LogP contribution in [0.25, 0.3) is 0 Å². The van der Waals surface area contributed by atoms with Gasteiger partial charge in [0.15, 0.2) is 0 Å². The van der Waals surface area contributed by atoms with Gasteiger partial charge in [-0.25, -0.2) is 0 Å². The number of halogens is 1. The molecule has 0 heterocycles. The maximum atomic E-state index is 9.99. The Hall–Kier alpha value is -1.51. The predicted molar refractivity (Wildman–Crippen MR) is 78.0 cm³/mol. The fourth-order valence-corrected chi connectivity index (χ4v) is 1.99. The molecule has 0 fully saturated rings. The molecule has 1 unspecified atom stereocenters. The smallest absolute Gasteiger partial charge is 0.133 e. The first-order valence-electron chi connectivity index (χ1n) is 6.32. The normalized spacial score (nSPS) is 12.2. The van der Waals surface area contributed by atoms with Crippen molar-refractivity contribution >= 4 is 11.6 Å². The van der Waals surface area contributed by atoms with E-state index in [0.29, 0.717) is 17.2 Å². The Morgan fingerprint density at radius 3 is 2.63 bits per heavy atom. The maximum Gasteiger partial charge on any atom is 0.133 e. The van der Waals surface area contributed by atoms with Gasteiger partial charge in [-0.2, -0.15) is 0 Å². The monoisotopic (exact) mass is 276 g/mol. The summed E-state index contributed by atoms with van der Waals surface area (Å²) in [6.07, 6.45) is 0.143. The highest BCUT2D eigenvalue weighted by Gasteiger charge is 2.12. The summed E-state index contributed by atoms with van der Waals surface area (Å²) in [5, 5.41) is 10.7. The molecule has 0 bridgehead atoms. The molecule has 2 aromatic rings. The van der Waals surface area contributed by atoms with E-state index < -0.39 is 6.10 Å². The first-order chi connectivity index (χ1) is 9.11. The number of aryl methyl sites for hydroxylation is 1. The minimum atomic E-state index is -0.510. The Balaban J connectivity index is 2.30. The Morgan fingerprint density at radius 2 is 1.95 bits per heavy atom. The molecule has 100 valence electrons. The average molecular weight is 277 g/mol. The van der Waals surface area contributed by atoms with E-state index in [1.54, 1.807) is 0 Å². The van der Waals surface area contributed by atoms with Crippen LogP contribution in [0.3, 0.4) is 0 Å². The van der Waals surface area contributed by atoms with E-state index in [-0.39, 0.29) is 0 Å². The molecule has 19 heavy (non-hydrogen) atoms. The van der Waals surface area contributed by atoms with Crippen molar-refractivity contribution in [2.75, 3.05) is 0 Å². The van der Waals surface area contributed by atoms with Crippen LogP contribution in [-0.4, -0.2) is 5.11 Å². The fourth-order valence-electron chi connectivity index (χ4n) is 1.88. The molecule has 2 aromatic carbocycles. The van der Waals surface area contributed by atoms with Crippen LogP contribution in [0.2, 0.25) is 5.02 Å². The second-order valence-corrected chi connectivity index (χ2v) is 4.88. The quantitative estimate of drug-likeness (QED) is 0.862. The van der Waals surface area contributed by atoms with Gasteiger partial charge in [-0.05, 0) is 43.2 Å². The van der Waals surface area contributed by atoms with Crippen LogP contribution < -0.4 is 4.74 Å². The summed E-state index contributed by atoms with van der Waals surface area (Å²) in [4.78, 5) is 0. The first-order valence-corrected chi connectivity index (χ1v) is 6.70. The van der Waals surface area contributed by atoms with Gasteiger partial charge >= 0.3 is 0 Å². The van der Waals surface area contributed by atoms with Crippen LogP contribution in [0.5, 0.6) is 11.5 Å². The standard InChI is InChI=1S/C16H17ClO2/c1-3-15(18)13-6-4-5-7-16(13)19-12-8-9-14(17)11(2)10-12/h4-10,15,18H,3H2,1-2H3. The molecule has 0 amide bonds. The van der Waals surface area contributed by atoms with Gasteiger partial charge in [0, 0.05) is 10.6 Å². The van der Waals surface area contributed by atoms with Crippen LogP contribution in [0.4, 0.5) is 0 Å². The van der Waals surface area contributed by atoms with Gasteiger partial charge in [-0.15, -0.1) is 0 Å². The SMILES string of the molecule is CCC(O)c1ccccc1Oc1ccc(Cl)c(C)c1. The van der Waals surface area contributed by atoms with Crippen LogP contribution >= 0.6 is 11.6 Å². The Bertz CT molecular complexity index is 566. The number of para-hydroxylation sites is 1. The van der Waals surface area contributed by atoms with Crippen LogP contribution in [0.1, 0.15) is 30.6 Å². The van der Waals surface area contributed by atoms with Gasteiger partial charge in [0.1, 0.15) is 11.5 Å². The van der Waals surface area contributed by atoms with Gasteiger partial charge in [0.25, 0.3) is 0 Å². The second-order valence-electron chi connectivity index (χ2n) is 4.47. The lowest BCUT2D eigenvalue weighted by Gasteiger charge is -2.15. The molecule has 0 spiro atoms. The number of rotatable bonds is 4. The number of hydrogen-bond donors (Lipinski definition) is 1. The Morgan fingerprint density at radius 1 is 1.21 bits per heavy atom. The third-order valence-corrected chi connectivity index (χ3v) is 3.45. The molecule has 0 aliphatic rings. The molecule has 0 saturated carbocycles. The van der Waals surface area contributed by atoms with E-state index in [1.165, 1.54) is 0 Å². The summed E-state index contributed by atoms with van der Waals surface area (Å²) < 4.78 is 5.85. The zero-order valence-corrected chi connectivity index (χ0v) is 11.8. The number of benzene rings is 2. The molecular formula is C16H17ClO2. The molecular weight excluding hydrogens is 260 g/mol. The van der Waals surface area contributed by atoms with Crippen LogP contribution in [0.15, 0.2) is 42.5 Å². The van der Waals surface area contributed by atoms with Gasteiger partial charge in [-0.3, -0.25) is 0 Å². The highest BCUT2D eigenvalue weighted by atomic mass is 35.5. The van der Waals surface area contributed by atoms with Crippen molar-refractivity contribution in [3.8, 4) is 11.5 Å². The maximum absolute atomic E-state index is 9.99. The van der Waals surface area contributed by atoms with E-state index in [0.717, 1.165) is 16.9 Å². The number of ether oxygens (including phenoxy) is 1. The van der Waals surface area contributed by atoms with Crippen molar-refractivity contribution in [2.45, 2.75) is 26.4 Å². The summed E-state index contributed by atoms with van der Waals surface area (Å²) >= 11 is 5.99. The number of aliphatic hydroxyl groups is 1. The van der Waals surface area contributed by atoms with Crippen molar-refractivity contribution in [3.63, 3.8) is 0 Å². The molecule has 1 N–H and O–H groups in total. The number of aliphatic hydroxyl groups excluding tert-OH is 1. The summed E-state index contributed by atoms with van der Waals surface area (Å²) in [5.74, 6) is 1.40. The molecule has 1 atom stereocenters. The van der Waals surface area contributed by atoms with E-state index in [1.807, 2.05) is 56.3 Å². The van der Waals surface area contributed by atoms with Crippen molar-refractivity contribution in [2.24, 2.45) is 0 Å². The lowest BCUT2D eigenvalue weighted by molar-refractivity contribution is 0.170. The van der Waals surface area contributed by atoms with Crippen molar-refractivity contribution in [1.29, 1.82) is 0 Å². The van der Waals surface area contributed by atoms with Gasteiger partial charge in [-0.1, -0.05) is 36.7 Å². The minimum absolute atomic E-state index is 0.510. The van der Waals surface area contributed by atoms with E-state index >= 15 is 0 Å². The summed E-state index contributed by atoms with van der Waals surface area (Å²) in [7, 11) is 0. The molecule has 0 aliphatic carbocycles. The van der Waals surface area contributed by atoms with Gasteiger partial charge in [0.2, 0.25) is 0 Å². The van der Waals surface area contributed by atoms with Crippen molar-refractivity contribution < 1.29 is 9.84 Å². The third kappa shape index (κ3) is 3.28. The molecule has 0 radical (unpaired) electrons. The minimum Gasteiger partial charge on any atom is -0.457 e. The highest BCUT2D eigenvalue weighted by Crippen LogP contribution is 2.32. The van der Waals surface area contributed by atoms with Gasteiger partial charge in [0.05, 0.1) is 6.10 Å². The number of hydrogen-bond acceptors (Lipinski definition) is 2. The molecule has 0 aromatic heterocycles. The molecule has 2 nitrogen and oxygen atoms in total. The average Bonchev–Trinajstić information content (AvgIpc) is 2.43. The Kier molecular flexibility index (Phi) is 4.46. The lowest BCUT2D eigenvalue weighted by atomic mass is 10.1. The first kappa shape index (κ1) is 13.9. The van der Waals surface area contributed by atoms with Gasteiger partial charge < -0.3 is 9.84 Å². The van der Waals surface area contributed by atoms with E-state index in [4.69, 9.17) is 16.3 Å². The lowest BCUT2D eigenvalue weighted by Crippen LogP contribution is -1.98. The summed E-state index contributed by atoms with van der Waals surface area (Å²) in [6.45, 7) is 3.87. The molecule has 2 rings (SSSR count). The summed E-state index contributed by atoms with van der Waals surface area (Å²) in [6, 6.07) is 13.1. The summed E-state index contributed by atoms with van der Waals surface area (Å²) in [5.41, 5.74) is 1.77. The van der Waals surface area contributed by atoms with Crippen molar-refractivity contribution in [1.82, 2.24) is 0 Å². The highest BCUT2D eigenvalue weighted by molar-refractivity contribution is 6.31. The third-order valence-electron chi connectivity index (χ3n) is 3.02. The fraction of sp³-hybridized carbons (Fsp3) is 0.250.